The fraction of sp³-hybridized carbons (Fsp3) is 0.519. The number of nitrogens with zero attached hydrogens (tertiary/aromatic N) is 2. The number of sulfonamides is 2. The van der Waals surface area contributed by atoms with Crippen LogP contribution in [0.1, 0.15) is 44.2 Å². The Hall–Kier alpha value is -2.31. The molecule has 0 spiro atoms. The number of anilines is 1. The van der Waals surface area contributed by atoms with Crippen molar-refractivity contribution in [3.63, 3.8) is 0 Å². The van der Waals surface area contributed by atoms with E-state index in [2.05, 4.69) is 12.2 Å². The van der Waals surface area contributed by atoms with E-state index in [1.54, 1.807) is 0 Å². The molecule has 0 saturated carbocycles. The van der Waals surface area contributed by atoms with Gasteiger partial charge in [0.1, 0.15) is 0 Å². The number of amides is 1. The van der Waals surface area contributed by atoms with Crippen LogP contribution >= 0.6 is 0 Å². The maximum absolute atomic E-state index is 13.6. The van der Waals surface area contributed by atoms with Gasteiger partial charge in [0.05, 0.1) is 16.3 Å². The normalized spacial score (nSPS) is 15.6. The molecule has 0 radical (unpaired) electrons. The fourth-order valence-corrected chi connectivity index (χ4v) is 7.33. The number of hydrogen-bond acceptors (Lipinski definition) is 6. The number of rotatable bonds is 12. The molecule has 38 heavy (non-hydrogen) atoms. The Balaban J connectivity index is 1.80. The molecule has 1 fully saturated rings. The lowest BCUT2D eigenvalue weighted by molar-refractivity contribution is -0.116. The van der Waals surface area contributed by atoms with Crippen molar-refractivity contribution in [2.45, 2.75) is 56.7 Å². The highest BCUT2D eigenvalue weighted by Crippen LogP contribution is 2.26. The maximum atomic E-state index is 13.6. The van der Waals surface area contributed by atoms with Gasteiger partial charge in [-0.15, -0.1) is 0 Å². The number of aryl methyl sites for hydroxylation is 2. The molecule has 1 heterocycles. The average molecular weight is 566 g/mol. The van der Waals surface area contributed by atoms with Crippen LogP contribution in [-0.4, -0.2) is 70.7 Å². The molecule has 1 saturated heterocycles. The Morgan fingerprint density at radius 2 is 1.58 bits per heavy atom. The van der Waals surface area contributed by atoms with Gasteiger partial charge >= 0.3 is 0 Å². The quantitative estimate of drug-likeness (QED) is 0.392. The predicted octanol–water partition coefficient (Wildman–Crippen LogP) is 3.78. The lowest BCUT2D eigenvalue weighted by Crippen LogP contribution is -2.39. The smallest absolute Gasteiger partial charge is 0.243 e. The molecule has 0 unspecified atom stereocenters. The number of carbonyl (C=O) groups excluding carboxylic acids is 1. The zero-order valence-corrected chi connectivity index (χ0v) is 24.3. The van der Waals surface area contributed by atoms with Gasteiger partial charge in [-0.2, -0.15) is 8.61 Å². The molecule has 0 aromatic heterocycles. The summed E-state index contributed by atoms with van der Waals surface area (Å²) in [5, 5.41) is 2.84. The van der Waals surface area contributed by atoms with Crippen molar-refractivity contribution in [1.82, 2.24) is 8.61 Å². The van der Waals surface area contributed by atoms with Crippen LogP contribution < -0.4 is 5.32 Å². The minimum atomic E-state index is -4.08. The summed E-state index contributed by atoms with van der Waals surface area (Å²) < 4.78 is 61.2. The second kappa shape index (κ2) is 13.2. The first-order valence-corrected chi connectivity index (χ1v) is 15.9. The van der Waals surface area contributed by atoms with Crippen molar-refractivity contribution in [2.24, 2.45) is 5.92 Å². The van der Waals surface area contributed by atoms with Crippen LogP contribution in [0.25, 0.3) is 0 Å². The standard InChI is InChI=1S/C27H39N3O6S2/c1-5-36-19-7-16-30(20-26(31)28-27-22(3)8-6-9-23(27)4)38(34,35)25-12-10-24(11-13-25)37(32,33)29-17-14-21(2)15-18-29/h6,8-13,21H,5,7,14-20H2,1-4H3,(H,28,31). The van der Waals surface area contributed by atoms with Gasteiger partial charge in [-0.3, -0.25) is 4.79 Å². The molecule has 1 amide bonds. The molecule has 2 aromatic rings. The molecule has 0 atom stereocenters. The van der Waals surface area contributed by atoms with E-state index >= 15 is 0 Å². The van der Waals surface area contributed by atoms with E-state index in [0.717, 1.165) is 28.3 Å². The lowest BCUT2D eigenvalue weighted by atomic mass is 10.0. The van der Waals surface area contributed by atoms with E-state index in [1.165, 1.54) is 28.6 Å². The fourth-order valence-electron chi connectivity index (χ4n) is 4.43. The van der Waals surface area contributed by atoms with Crippen molar-refractivity contribution in [2.75, 3.05) is 44.7 Å². The highest BCUT2D eigenvalue weighted by molar-refractivity contribution is 7.89. The van der Waals surface area contributed by atoms with Crippen molar-refractivity contribution in [3.8, 4) is 0 Å². The van der Waals surface area contributed by atoms with E-state index in [0.29, 0.717) is 44.3 Å². The summed E-state index contributed by atoms with van der Waals surface area (Å²) >= 11 is 0. The Morgan fingerprint density at radius 1 is 1.00 bits per heavy atom. The molecule has 1 aliphatic heterocycles. The summed E-state index contributed by atoms with van der Waals surface area (Å²) in [7, 11) is -7.79. The minimum Gasteiger partial charge on any atom is -0.382 e. The third-order valence-electron chi connectivity index (χ3n) is 6.81. The summed E-state index contributed by atoms with van der Waals surface area (Å²) in [6.45, 7) is 9.16. The summed E-state index contributed by atoms with van der Waals surface area (Å²) in [5.41, 5.74) is 2.42. The van der Waals surface area contributed by atoms with Gasteiger partial charge in [0.15, 0.2) is 0 Å². The van der Waals surface area contributed by atoms with Crippen LogP contribution in [0.2, 0.25) is 0 Å². The summed E-state index contributed by atoms with van der Waals surface area (Å²) in [6, 6.07) is 10.9. The molecule has 3 rings (SSSR count). The average Bonchev–Trinajstić information content (AvgIpc) is 2.88. The number of nitrogens with one attached hydrogen (secondary N) is 1. The lowest BCUT2D eigenvalue weighted by Gasteiger charge is -2.29. The molecule has 9 nitrogen and oxygen atoms in total. The van der Waals surface area contributed by atoms with Crippen LogP contribution in [0.15, 0.2) is 52.3 Å². The number of benzene rings is 2. The highest BCUT2D eigenvalue weighted by atomic mass is 32.2. The summed E-state index contributed by atoms with van der Waals surface area (Å²) in [4.78, 5) is 12.9. The van der Waals surface area contributed by atoms with Gasteiger partial charge in [0.2, 0.25) is 26.0 Å². The van der Waals surface area contributed by atoms with Gasteiger partial charge in [0.25, 0.3) is 0 Å². The molecule has 210 valence electrons. The Morgan fingerprint density at radius 3 is 2.16 bits per heavy atom. The Labute approximate surface area is 227 Å². The number of ether oxygens (including phenoxy) is 1. The molecule has 1 aliphatic rings. The van der Waals surface area contributed by atoms with Gasteiger partial charge in [-0.25, -0.2) is 16.8 Å². The molecule has 0 aliphatic carbocycles. The third kappa shape index (κ3) is 7.41. The third-order valence-corrected chi connectivity index (χ3v) is 10.6. The van der Waals surface area contributed by atoms with Crippen LogP contribution in [-0.2, 0) is 29.6 Å². The van der Waals surface area contributed by atoms with Gasteiger partial charge < -0.3 is 10.1 Å². The Kier molecular flexibility index (Phi) is 10.5. The van der Waals surface area contributed by atoms with Crippen LogP contribution in [0.4, 0.5) is 5.69 Å². The molecule has 11 heteroatoms. The predicted molar refractivity (Wildman–Crippen MR) is 148 cm³/mol. The van der Waals surface area contributed by atoms with Gasteiger partial charge in [-0.05, 0) is 81.3 Å². The zero-order chi connectivity index (χ0) is 27.9. The minimum absolute atomic E-state index is 0.0571. The number of para-hydroxylation sites is 1. The van der Waals surface area contributed by atoms with Crippen LogP contribution in [0.3, 0.4) is 0 Å². The first-order valence-electron chi connectivity index (χ1n) is 13.0. The number of carbonyl (C=O) groups is 1. The van der Waals surface area contributed by atoms with Crippen molar-refractivity contribution in [1.29, 1.82) is 0 Å². The van der Waals surface area contributed by atoms with E-state index in [9.17, 15) is 21.6 Å². The molecule has 2 aromatic carbocycles. The Bertz CT molecular complexity index is 1280. The number of hydrogen-bond donors (Lipinski definition) is 1. The first kappa shape index (κ1) is 30.2. The number of piperidine rings is 1. The maximum Gasteiger partial charge on any atom is 0.243 e. The monoisotopic (exact) mass is 565 g/mol. The van der Waals surface area contributed by atoms with Crippen molar-refractivity contribution < 1.29 is 26.4 Å². The van der Waals surface area contributed by atoms with E-state index in [-0.39, 0.29) is 22.9 Å². The van der Waals surface area contributed by atoms with Crippen molar-refractivity contribution in [3.05, 3.63) is 53.6 Å². The molecular weight excluding hydrogens is 526 g/mol. The van der Waals surface area contributed by atoms with Gasteiger partial charge in [0, 0.05) is 38.5 Å². The zero-order valence-electron chi connectivity index (χ0n) is 22.6. The van der Waals surface area contributed by atoms with Crippen LogP contribution in [0.5, 0.6) is 0 Å². The van der Waals surface area contributed by atoms with Crippen molar-refractivity contribution >= 4 is 31.6 Å². The molecular formula is C27H39N3O6S2. The second-order valence-corrected chi connectivity index (χ2v) is 13.6. The van der Waals surface area contributed by atoms with E-state index in [4.69, 9.17) is 4.74 Å². The summed E-state index contributed by atoms with van der Waals surface area (Å²) in [6.07, 6.45) is 2.00. The highest BCUT2D eigenvalue weighted by Gasteiger charge is 2.30. The first-order chi connectivity index (χ1) is 18.0. The topological polar surface area (TPSA) is 113 Å². The molecule has 0 bridgehead atoms. The van der Waals surface area contributed by atoms with Crippen LogP contribution in [0, 0.1) is 19.8 Å². The second-order valence-electron chi connectivity index (χ2n) is 9.76. The summed E-state index contributed by atoms with van der Waals surface area (Å²) in [5.74, 6) is 0.0236. The van der Waals surface area contributed by atoms with E-state index < -0.39 is 26.0 Å². The van der Waals surface area contributed by atoms with Gasteiger partial charge in [-0.1, -0.05) is 25.1 Å². The largest absolute Gasteiger partial charge is 0.382 e. The SMILES string of the molecule is CCOCCCN(CC(=O)Nc1c(C)cccc1C)S(=O)(=O)c1ccc(S(=O)(=O)N2CCC(C)CC2)cc1. The molecule has 1 N–H and O–H groups in total. The van der Waals surface area contributed by atoms with E-state index in [1.807, 2.05) is 39.0 Å².